The Kier molecular flexibility index (Phi) is 3.47. The minimum atomic E-state index is -0.623. The molecule has 104 valence electrons. The van der Waals surface area contributed by atoms with Crippen molar-refractivity contribution < 1.29 is 9.13 Å². The van der Waals surface area contributed by atoms with Crippen molar-refractivity contribution in [2.75, 3.05) is 5.43 Å². The van der Waals surface area contributed by atoms with Gasteiger partial charge in [0.2, 0.25) is 11.8 Å². The molecule has 1 heterocycles. The molecule has 1 aromatic heterocycles. The van der Waals surface area contributed by atoms with Gasteiger partial charge in [0, 0.05) is 0 Å². The summed E-state index contributed by atoms with van der Waals surface area (Å²) in [6, 6.07) is 5.82. The lowest BCUT2D eigenvalue weighted by molar-refractivity contribution is 0.419. The van der Waals surface area contributed by atoms with Crippen LogP contribution in [0, 0.1) is 5.82 Å². The largest absolute Gasteiger partial charge is 0.436 e. The fraction of sp³-hybridized carbons (Fsp3) is 0.286. The maximum Gasteiger partial charge on any atom is 0.260 e. The van der Waals surface area contributed by atoms with E-state index < -0.39 is 5.82 Å². The zero-order chi connectivity index (χ0) is 13.9. The topological polar surface area (TPSA) is 73.1 Å². The Morgan fingerprint density at radius 2 is 2.00 bits per heavy atom. The maximum absolute atomic E-state index is 13.6. The van der Waals surface area contributed by atoms with E-state index in [0.717, 1.165) is 19.0 Å². The summed E-state index contributed by atoms with van der Waals surface area (Å²) in [6.07, 6.45) is 5.56. The number of ether oxygens (including phenoxy) is 1. The molecule has 1 aliphatic rings. The first kappa shape index (κ1) is 12.8. The second-order valence-electron chi connectivity index (χ2n) is 4.73. The predicted octanol–water partition coefficient (Wildman–Crippen LogP) is 2.57. The number of hydrogen-bond donors (Lipinski definition) is 2. The molecular weight excluding hydrogens is 259 g/mol. The Morgan fingerprint density at radius 1 is 1.20 bits per heavy atom. The van der Waals surface area contributed by atoms with Crippen molar-refractivity contribution in [3.63, 3.8) is 0 Å². The molecule has 3 rings (SSSR count). The van der Waals surface area contributed by atoms with Gasteiger partial charge in [0.05, 0.1) is 6.20 Å². The van der Waals surface area contributed by atoms with Crippen LogP contribution < -0.4 is 16.0 Å². The van der Waals surface area contributed by atoms with Gasteiger partial charge in [-0.05, 0) is 48.9 Å². The number of benzene rings is 1. The van der Waals surface area contributed by atoms with E-state index in [1.54, 1.807) is 0 Å². The first-order chi connectivity index (χ1) is 9.76. The third-order valence-corrected chi connectivity index (χ3v) is 3.38. The number of fused-ring (bicyclic) bond motifs is 1. The number of hydrazine groups is 1. The highest BCUT2D eigenvalue weighted by Crippen LogP contribution is 2.28. The van der Waals surface area contributed by atoms with Crippen LogP contribution in [0.5, 0.6) is 11.6 Å². The van der Waals surface area contributed by atoms with Gasteiger partial charge in [-0.3, -0.25) is 5.43 Å². The van der Waals surface area contributed by atoms with Crippen molar-refractivity contribution in [2.45, 2.75) is 25.7 Å². The van der Waals surface area contributed by atoms with Gasteiger partial charge >= 0.3 is 0 Å². The highest BCUT2D eigenvalue weighted by molar-refractivity contribution is 5.39. The lowest BCUT2D eigenvalue weighted by atomic mass is 9.92. The zero-order valence-electron chi connectivity index (χ0n) is 10.9. The first-order valence-electron chi connectivity index (χ1n) is 6.55. The number of nitrogens with zero attached hydrogens (tertiary/aromatic N) is 2. The molecule has 1 aromatic carbocycles. The van der Waals surface area contributed by atoms with E-state index in [-0.39, 0.29) is 11.8 Å². The molecule has 20 heavy (non-hydrogen) atoms. The summed E-state index contributed by atoms with van der Waals surface area (Å²) in [7, 11) is 0. The van der Waals surface area contributed by atoms with Crippen LogP contribution >= 0.6 is 0 Å². The quantitative estimate of drug-likeness (QED) is 0.664. The van der Waals surface area contributed by atoms with Gasteiger partial charge in [0.25, 0.3) is 5.88 Å². The minimum absolute atomic E-state index is 0.111. The molecule has 0 amide bonds. The van der Waals surface area contributed by atoms with Crippen LogP contribution in [0.15, 0.2) is 24.4 Å². The third-order valence-electron chi connectivity index (χ3n) is 3.38. The molecule has 3 N–H and O–H groups in total. The summed E-state index contributed by atoms with van der Waals surface area (Å²) in [5, 5.41) is 0. The average Bonchev–Trinajstić information content (AvgIpc) is 2.49. The number of hydrogen-bond acceptors (Lipinski definition) is 5. The number of rotatable bonds is 3. The highest BCUT2D eigenvalue weighted by Gasteiger charge is 2.13. The van der Waals surface area contributed by atoms with Gasteiger partial charge in [-0.2, -0.15) is 9.37 Å². The second kappa shape index (κ2) is 5.42. The summed E-state index contributed by atoms with van der Waals surface area (Å²) in [5.41, 5.74) is 4.87. The molecule has 0 aliphatic heterocycles. The molecule has 0 saturated heterocycles. The van der Waals surface area contributed by atoms with Gasteiger partial charge in [0.15, 0.2) is 0 Å². The van der Waals surface area contributed by atoms with E-state index in [1.807, 2.05) is 18.2 Å². The van der Waals surface area contributed by atoms with Crippen LogP contribution in [0.2, 0.25) is 0 Å². The van der Waals surface area contributed by atoms with Crippen LogP contribution in [0.4, 0.5) is 10.3 Å². The number of nitrogens with two attached hydrogens (primary N) is 1. The zero-order valence-corrected chi connectivity index (χ0v) is 10.9. The highest BCUT2D eigenvalue weighted by atomic mass is 19.1. The molecule has 0 saturated carbocycles. The van der Waals surface area contributed by atoms with E-state index in [2.05, 4.69) is 15.4 Å². The summed E-state index contributed by atoms with van der Waals surface area (Å²) < 4.78 is 19.1. The molecule has 0 radical (unpaired) electrons. The van der Waals surface area contributed by atoms with Crippen molar-refractivity contribution in [3.8, 4) is 11.6 Å². The molecule has 0 atom stereocenters. The van der Waals surface area contributed by atoms with Crippen molar-refractivity contribution in [2.24, 2.45) is 5.84 Å². The van der Waals surface area contributed by atoms with Gasteiger partial charge in [-0.25, -0.2) is 10.8 Å². The Bertz CT molecular complexity index is 633. The molecule has 0 unspecified atom stereocenters. The monoisotopic (exact) mass is 274 g/mol. The third kappa shape index (κ3) is 2.55. The van der Waals surface area contributed by atoms with Crippen LogP contribution in [0.3, 0.4) is 0 Å². The van der Waals surface area contributed by atoms with Crippen molar-refractivity contribution in [1.82, 2.24) is 9.97 Å². The Labute approximate surface area is 116 Å². The number of anilines is 1. The van der Waals surface area contributed by atoms with Crippen LogP contribution in [0.1, 0.15) is 24.0 Å². The molecule has 0 spiro atoms. The molecule has 6 heteroatoms. The number of aromatic nitrogens is 2. The van der Waals surface area contributed by atoms with Gasteiger partial charge in [-0.15, -0.1) is 0 Å². The van der Waals surface area contributed by atoms with E-state index >= 15 is 0 Å². The van der Waals surface area contributed by atoms with E-state index in [1.165, 1.54) is 24.0 Å². The van der Waals surface area contributed by atoms with Crippen molar-refractivity contribution in [3.05, 3.63) is 41.3 Å². The molecular formula is C14H15FN4O. The molecule has 0 bridgehead atoms. The van der Waals surface area contributed by atoms with Crippen molar-refractivity contribution >= 4 is 5.95 Å². The van der Waals surface area contributed by atoms with E-state index in [0.29, 0.717) is 5.75 Å². The molecule has 2 aromatic rings. The number of aryl methyl sites for hydroxylation is 2. The summed E-state index contributed by atoms with van der Waals surface area (Å²) in [6.45, 7) is 0. The van der Waals surface area contributed by atoms with E-state index in [4.69, 9.17) is 10.6 Å². The number of halogens is 1. The lowest BCUT2D eigenvalue weighted by Crippen LogP contribution is -2.11. The summed E-state index contributed by atoms with van der Waals surface area (Å²) >= 11 is 0. The molecule has 5 nitrogen and oxygen atoms in total. The van der Waals surface area contributed by atoms with Gasteiger partial charge < -0.3 is 4.74 Å². The number of nitrogen functional groups attached to an aromatic ring is 1. The normalized spacial score (nSPS) is 13.7. The standard InChI is InChI=1S/C14H15FN4O/c15-12-8-17-14(19-16)18-13(12)20-11-6-5-9-3-1-2-4-10(9)7-11/h5-8H,1-4,16H2,(H,17,18,19). The Hall–Kier alpha value is -2.21. The van der Waals surface area contributed by atoms with E-state index in [9.17, 15) is 4.39 Å². The molecule has 1 aliphatic carbocycles. The summed E-state index contributed by atoms with van der Waals surface area (Å²) in [4.78, 5) is 7.52. The van der Waals surface area contributed by atoms with Crippen LogP contribution in [-0.2, 0) is 12.8 Å². The van der Waals surface area contributed by atoms with Crippen molar-refractivity contribution in [1.29, 1.82) is 0 Å². The fourth-order valence-corrected chi connectivity index (χ4v) is 2.38. The Balaban J connectivity index is 1.87. The Morgan fingerprint density at radius 3 is 2.80 bits per heavy atom. The second-order valence-corrected chi connectivity index (χ2v) is 4.73. The SMILES string of the molecule is NNc1ncc(F)c(Oc2ccc3c(c2)CCCC3)n1. The predicted molar refractivity (Wildman–Crippen MR) is 73.0 cm³/mol. The smallest absolute Gasteiger partial charge is 0.260 e. The molecule has 0 fully saturated rings. The first-order valence-corrected chi connectivity index (χ1v) is 6.55. The minimum Gasteiger partial charge on any atom is -0.436 e. The van der Waals surface area contributed by atoms with Gasteiger partial charge in [0.1, 0.15) is 5.75 Å². The fourth-order valence-electron chi connectivity index (χ4n) is 2.38. The van der Waals surface area contributed by atoms with Gasteiger partial charge in [-0.1, -0.05) is 6.07 Å². The van der Waals surface area contributed by atoms with Crippen LogP contribution in [0.25, 0.3) is 0 Å². The maximum atomic E-state index is 13.6. The average molecular weight is 274 g/mol. The van der Waals surface area contributed by atoms with Crippen LogP contribution in [-0.4, -0.2) is 9.97 Å². The lowest BCUT2D eigenvalue weighted by Gasteiger charge is -2.16. The number of nitrogens with one attached hydrogen (secondary N) is 1. The summed E-state index contributed by atoms with van der Waals surface area (Å²) in [5.74, 6) is 5.13.